The molecule has 0 radical (unpaired) electrons. The van der Waals surface area contributed by atoms with Crippen molar-refractivity contribution in [3.63, 3.8) is 0 Å². The third kappa shape index (κ3) is 3.70. The van der Waals surface area contributed by atoms with Gasteiger partial charge in [0.2, 0.25) is 5.91 Å². The third-order valence-corrected chi connectivity index (χ3v) is 5.22. The normalized spacial score (nSPS) is 20.1. The van der Waals surface area contributed by atoms with Gasteiger partial charge in [-0.3, -0.25) is 14.7 Å². The molecule has 1 aliphatic carbocycles. The molecule has 0 spiro atoms. The van der Waals surface area contributed by atoms with Gasteiger partial charge in [0.05, 0.1) is 18.8 Å². The number of ether oxygens (including phenoxy) is 1. The SMILES string of the molecule is O=C(NC1(c2cc(F)ccc2F)CC1)[C@H](c1cccnc1)N1CCOCC1. The van der Waals surface area contributed by atoms with Crippen LogP contribution in [0.15, 0.2) is 42.7 Å². The van der Waals surface area contributed by atoms with Crippen LogP contribution in [0.1, 0.15) is 30.0 Å². The smallest absolute Gasteiger partial charge is 0.242 e. The van der Waals surface area contributed by atoms with Crippen LogP contribution in [0.4, 0.5) is 8.78 Å². The van der Waals surface area contributed by atoms with Crippen molar-refractivity contribution in [2.24, 2.45) is 0 Å². The minimum absolute atomic E-state index is 0.211. The van der Waals surface area contributed by atoms with E-state index in [-0.39, 0.29) is 11.5 Å². The highest BCUT2D eigenvalue weighted by atomic mass is 19.1. The minimum Gasteiger partial charge on any atom is -0.379 e. The highest BCUT2D eigenvalue weighted by molar-refractivity contribution is 5.84. The lowest BCUT2D eigenvalue weighted by atomic mass is 10.0. The largest absolute Gasteiger partial charge is 0.379 e. The minimum atomic E-state index is -0.837. The molecular formula is C20H21F2N3O2. The fourth-order valence-corrected chi connectivity index (χ4v) is 3.66. The van der Waals surface area contributed by atoms with Crippen LogP contribution in [0.25, 0.3) is 0 Å². The molecule has 5 nitrogen and oxygen atoms in total. The lowest BCUT2D eigenvalue weighted by Gasteiger charge is -2.34. The molecule has 1 saturated carbocycles. The predicted octanol–water partition coefficient (Wildman–Crippen LogP) is 2.54. The van der Waals surface area contributed by atoms with E-state index >= 15 is 0 Å². The molecule has 1 aromatic carbocycles. The molecule has 1 amide bonds. The number of carbonyl (C=O) groups is 1. The van der Waals surface area contributed by atoms with E-state index in [1.165, 1.54) is 6.07 Å². The summed E-state index contributed by atoms with van der Waals surface area (Å²) >= 11 is 0. The van der Waals surface area contributed by atoms with E-state index in [1.807, 2.05) is 11.0 Å². The van der Waals surface area contributed by atoms with Crippen molar-refractivity contribution in [2.75, 3.05) is 26.3 Å². The highest BCUT2D eigenvalue weighted by Crippen LogP contribution is 2.47. The highest BCUT2D eigenvalue weighted by Gasteiger charge is 2.49. The van der Waals surface area contributed by atoms with Crippen LogP contribution < -0.4 is 5.32 Å². The Bertz CT molecular complexity index is 821. The zero-order chi connectivity index (χ0) is 18.9. The summed E-state index contributed by atoms with van der Waals surface area (Å²) in [5.74, 6) is -1.24. The Hall–Kier alpha value is -2.38. The van der Waals surface area contributed by atoms with Crippen LogP contribution in [0.5, 0.6) is 0 Å². The Kier molecular flexibility index (Phi) is 4.88. The Morgan fingerprint density at radius 3 is 2.67 bits per heavy atom. The maximum Gasteiger partial charge on any atom is 0.242 e. The number of carbonyl (C=O) groups excluding carboxylic acids is 1. The van der Waals surface area contributed by atoms with Gasteiger partial charge < -0.3 is 10.1 Å². The molecule has 7 heteroatoms. The van der Waals surface area contributed by atoms with Crippen molar-refractivity contribution >= 4 is 5.91 Å². The van der Waals surface area contributed by atoms with Gasteiger partial charge in [-0.1, -0.05) is 6.07 Å². The summed E-state index contributed by atoms with van der Waals surface area (Å²) in [6.45, 7) is 2.34. The number of nitrogens with zero attached hydrogens (tertiary/aromatic N) is 2. The van der Waals surface area contributed by atoms with Crippen molar-refractivity contribution in [3.8, 4) is 0 Å². The van der Waals surface area contributed by atoms with Crippen molar-refractivity contribution in [3.05, 3.63) is 65.5 Å². The Labute approximate surface area is 156 Å². The van der Waals surface area contributed by atoms with Gasteiger partial charge in [-0.25, -0.2) is 8.78 Å². The predicted molar refractivity (Wildman–Crippen MR) is 94.8 cm³/mol. The Balaban J connectivity index is 1.61. The van der Waals surface area contributed by atoms with Gasteiger partial charge in [0, 0.05) is 31.0 Å². The second-order valence-corrected chi connectivity index (χ2v) is 7.03. The number of hydrogen-bond acceptors (Lipinski definition) is 4. The van der Waals surface area contributed by atoms with Crippen LogP contribution >= 0.6 is 0 Å². The van der Waals surface area contributed by atoms with Gasteiger partial charge in [0.1, 0.15) is 17.7 Å². The molecule has 2 heterocycles. The molecule has 1 aliphatic heterocycles. The number of aromatic nitrogens is 1. The van der Waals surface area contributed by atoms with Crippen LogP contribution in [-0.4, -0.2) is 42.1 Å². The van der Waals surface area contributed by atoms with Gasteiger partial charge in [0.25, 0.3) is 0 Å². The molecule has 1 aromatic heterocycles. The monoisotopic (exact) mass is 373 g/mol. The van der Waals surface area contributed by atoms with Gasteiger partial charge in [-0.2, -0.15) is 0 Å². The maximum absolute atomic E-state index is 14.3. The van der Waals surface area contributed by atoms with Gasteiger partial charge in [0.15, 0.2) is 0 Å². The number of rotatable bonds is 5. The summed E-state index contributed by atoms with van der Waals surface area (Å²) < 4.78 is 33.3. The Morgan fingerprint density at radius 1 is 1.22 bits per heavy atom. The van der Waals surface area contributed by atoms with Crippen molar-refractivity contribution in [1.29, 1.82) is 0 Å². The quantitative estimate of drug-likeness (QED) is 0.875. The van der Waals surface area contributed by atoms with Gasteiger partial charge >= 0.3 is 0 Å². The average Bonchev–Trinajstić information content (AvgIpc) is 3.46. The van der Waals surface area contributed by atoms with Crippen molar-refractivity contribution in [1.82, 2.24) is 15.2 Å². The molecule has 4 rings (SSSR count). The first kappa shape index (κ1) is 18.0. The fraction of sp³-hybridized carbons (Fsp3) is 0.400. The second-order valence-electron chi connectivity index (χ2n) is 7.03. The molecule has 0 unspecified atom stereocenters. The van der Waals surface area contributed by atoms with Crippen LogP contribution in [0.2, 0.25) is 0 Å². The Morgan fingerprint density at radius 2 is 2.00 bits per heavy atom. The van der Waals surface area contributed by atoms with E-state index in [1.54, 1.807) is 18.5 Å². The molecule has 0 bridgehead atoms. The fourth-order valence-electron chi connectivity index (χ4n) is 3.66. The number of morpholine rings is 1. The summed E-state index contributed by atoms with van der Waals surface area (Å²) in [5, 5.41) is 2.99. The summed E-state index contributed by atoms with van der Waals surface area (Å²) in [6.07, 6.45) is 4.49. The van der Waals surface area contributed by atoms with Crippen LogP contribution in [0, 0.1) is 11.6 Å². The zero-order valence-corrected chi connectivity index (χ0v) is 14.8. The molecular weight excluding hydrogens is 352 g/mol. The van der Waals surface area contributed by atoms with Crippen molar-refractivity contribution < 1.29 is 18.3 Å². The number of nitrogens with one attached hydrogen (secondary N) is 1. The molecule has 27 heavy (non-hydrogen) atoms. The molecule has 142 valence electrons. The lowest BCUT2D eigenvalue weighted by Crippen LogP contribution is -2.48. The van der Waals surface area contributed by atoms with E-state index in [2.05, 4.69) is 10.3 Å². The molecule has 1 N–H and O–H groups in total. The topological polar surface area (TPSA) is 54.5 Å². The number of amides is 1. The summed E-state index contributed by atoms with van der Waals surface area (Å²) in [7, 11) is 0. The average molecular weight is 373 g/mol. The number of halogens is 2. The molecule has 2 aromatic rings. The van der Waals surface area contributed by atoms with Gasteiger partial charge in [-0.15, -0.1) is 0 Å². The van der Waals surface area contributed by atoms with E-state index in [0.29, 0.717) is 39.1 Å². The zero-order valence-electron chi connectivity index (χ0n) is 14.8. The summed E-state index contributed by atoms with van der Waals surface area (Å²) in [6, 6.07) is 6.47. The third-order valence-electron chi connectivity index (χ3n) is 5.22. The number of hydrogen-bond donors (Lipinski definition) is 1. The lowest BCUT2D eigenvalue weighted by molar-refractivity contribution is -0.129. The summed E-state index contributed by atoms with van der Waals surface area (Å²) in [4.78, 5) is 19.4. The number of benzene rings is 1. The van der Waals surface area contributed by atoms with Crippen molar-refractivity contribution in [2.45, 2.75) is 24.4 Å². The van der Waals surface area contributed by atoms with Crippen LogP contribution in [0.3, 0.4) is 0 Å². The van der Waals surface area contributed by atoms with E-state index in [9.17, 15) is 13.6 Å². The first-order valence-electron chi connectivity index (χ1n) is 9.08. The van der Waals surface area contributed by atoms with E-state index < -0.39 is 23.2 Å². The first-order chi connectivity index (χ1) is 13.1. The molecule has 1 saturated heterocycles. The molecule has 1 atom stereocenters. The maximum atomic E-state index is 14.3. The van der Waals surface area contributed by atoms with Gasteiger partial charge in [-0.05, 0) is 42.7 Å². The van der Waals surface area contributed by atoms with E-state index in [0.717, 1.165) is 17.7 Å². The number of pyridine rings is 1. The van der Waals surface area contributed by atoms with Crippen LogP contribution in [-0.2, 0) is 15.1 Å². The van der Waals surface area contributed by atoms with E-state index in [4.69, 9.17) is 4.74 Å². The summed E-state index contributed by atoms with van der Waals surface area (Å²) in [5.41, 5.74) is 0.144. The standard InChI is InChI=1S/C20H21F2N3O2/c21-15-3-4-17(22)16(12-15)20(5-6-20)24-19(26)18(14-2-1-7-23-13-14)25-8-10-27-11-9-25/h1-4,7,12-13,18H,5-6,8-11H2,(H,24,26)/t18-/m0/s1. The second kappa shape index (κ2) is 7.32. The molecule has 2 fully saturated rings. The molecule has 2 aliphatic rings. The first-order valence-corrected chi connectivity index (χ1v) is 9.08.